The molecule has 2 aromatic rings. The fourth-order valence-corrected chi connectivity index (χ4v) is 2.21. The van der Waals surface area contributed by atoms with Crippen LogP contribution in [0.1, 0.15) is 48.2 Å². The summed E-state index contributed by atoms with van der Waals surface area (Å²) in [4.78, 5) is 12.0. The number of carbonyl (C=O) groups is 1. The first-order valence-electron chi connectivity index (χ1n) is 6.94. The molecule has 2 N–H and O–H groups in total. The first-order valence-corrected chi connectivity index (χ1v) is 6.94. The van der Waals surface area contributed by atoms with Crippen molar-refractivity contribution in [2.24, 2.45) is 5.73 Å². The van der Waals surface area contributed by atoms with Gasteiger partial charge in [0, 0.05) is 11.8 Å². The van der Waals surface area contributed by atoms with E-state index in [9.17, 15) is 4.79 Å². The van der Waals surface area contributed by atoms with E-state index in [2.05, 4.69) is 0 Å². The molecule has 19 heavy (non-hydrogen) atoms. The number of hydrogen-bond acceptors (Lipinski definition) is 3. The van der Waals surface area contributed by atoms with Crippen molar-refractivity contribution in [1.29, 1.82) is 0 Å². The lowest BCUT2D eigenvalue weighted by atomic mass is 10.1. The average Bonchev–Trinajstić information content (AvgIpc) is 2.81. The molecule has 0 fully saturated rings. The van der Waals surface area contributed by atoms with Crippen molar-refractivity contribution in [3.63, 3.8) is 0 Å². The third-order valence-corrected chi connectivity index (χ3v) is 3.30. The van der Waals surface area contributed by atoms with Crippen LogP contribution in [-0.4, -0.2) is 12.3 Å². The number of aryl methyl sites for hydroxylation is 1. The summed E-state index contributed by atoms with van der Waals surface area (Å²) in [5.41, 5.74) is 7.40. The SMILES string of the molecule is Cc1ccc2oc(C(=O)CCCCCCN)cc2c1. The average molecular weight is 259 g/mol. The normalized spacial score (nSPS) is 11.1. The highest BCUT2D eigenvalue weighted by molar-refractivity contribution is 5.97. The molecule has 0 atom stereocenters. The quantitative estimate of drug-likeness (QED) is 0.607. The Morgan fingerprint density at radius 3 is 2.74 bits per heavy atom. The van der Waals surface area contributed by atoms with E-state index < -0.39 is 0 Å². The van der Waals surface area contributed by atoms with Crippen LogP contribution in [0.3, 0.4) is 0 Å². The van der Waals surface area contributed by atoms with Gasteiger partial charge in [0.1, 0.15) is 5.58 Å². The molecular weight excluding hydrogens is 238 g/mol. The summed E-state index contributed by atoms with van der Waals surface area (Å²) in [6, 6.07) is 7.80. The van der Waals surface area contributed by atoms with Gasteiger partial charge in [-0.3, -0.25) is 4.79 Å². The van der Waals surface area contributed by atoms with Crippen LogP contribution in [0, 0.1) is 6.92 Å². The fourth-order valence-electron chi connectivity index (χ4n) is 2.21. The van der Waals surface area contributed by atoms with Crippen molar-refractivity contribution in [3.8, 4) is 0 Å². The zero-order valence-electron chi connectivity index (χ0n) is 11.4. The molecular formula is C16H21NO2. The molecule has 0 bridgehead atoms. The minimum atomic E-state index is 0.0987. The van der Waals surface area contributed by atoms with Gasteiger partial charge in [0.15, 0.2) is 11.5 Å². The van der Waals surface area contributed by atoms with E-state index >= 15 is 0 Å². The summed E-state index contributed by atoms with van der Waals surface area (Å²) < 4.78 is 5.59. The third kappa shape index (κ3) is 3.67. The Labute approximate surface area is 113 Å². The lowest BCUT2D eigenvalue weighted by molar-refractivity contribution is 0.0954. The highest BCUT2D eigenvalue weighted by Gasteiger charge is 2.11. The Morgan fingerprint density at radius 1 is 1.16 bits per heavy atom. The van der Waals surface area contributed by atoms with E-state index in [-0.39, 0.29) is 5.78 Å². The second-order valence-corrected chi connectivity index (χ2v) is 5.03. The van der Waals surface area contributed by atoms with Gasteiger partial charge in [-0.05, 0) is 44.5 Å². The second kappa shape index (κ2) is 6.53. The standard InChI is InChI=1S/C16H21NO2/c1-12-7-8-15-13(10-12)11-16(19-15)14(18)6-4-2-3-5-9-17/h7-8,10-11H,2-6,9,17H2,1H3. The number of hydrogen-bond donors (Lipinski definition) is 1. The molecule has 0 saturated heterocycles. The second-order valence-electron chi connectivity index (χ2n) is 5.03. The van der Waals surface area contributed by atoms with Crippen LogP contribution >= 0.6 is 0 Å². The molecule has 3 nitrogen and oxygen atoms in total. The van der Waals surface area contributed by atoms with Gasteiger partial charge in [-0.2, -0.15) is 0 Å². The lowest BCUT2D eigenvalue weighted by Gasteiger charge is -1.98. The van der Waals surface area contributed by atoms with Crippen LogP contribution in [0.5, 0.6) is 0 Å². The highest BCUT2D eigenvalue weighted by Crippen LogP contribution is 2.22. The van der Waals surface area contributed by atoms with E-state index in [1.54, 1.807) is 0 Å². The van der Waals surface area contributed by atoms with Crippen LogP contribution in [0.25, 0.3) is 11.0 Å². The predicted octanol–water partition coefficient (Wildman–Crippen LogP) is 3.83. The van der Waals surface area contributed by atoms with Gasteiger partial charge in [0.05, 0.1) is 0 Å². The molecule has 1 heterocycles. The van der Waals surface area contributed by atoms with Crippen LogP contribution in [-0.2, 0) is 0 Å². The number of furan rings is 1. The monoisotopic (exact) mass is 259 g/mol. The van der Waals surface area contributed by atoms with E-state index in [1.165, 1.54) is 5.56 Å². The van der Waals surface area contributed by atoms with Crippen molar-refractivity contribution in [2.75, 3.05) is 6.54 Å². The molecule has 0 aliphatic rings. The molecule has 0 aliphatic carbocycles. The number of Topliss-reactive ketones (excluding diaryl/α,β-unsaturated/α-hetero) is 1. The summed E-state index contributed by atoms with van der Waals surface area (Å²) >= 11 is 0. The molecule has 102 valence electrons. The Morgan fingerprint density at radius 2 is 1.95 bits per heavy atom. The minimum absolute atomic E-state index is 0.0987. The van der Waals surface area contributed by atoms with Crippen LogP contribution in [0.2, 0.25) is 0 Å². The Hall–Kier alpha value is -1.61. The number of ketones is 1. The molecule has 0 aliphatic heterocycles. The Balaban J connectivity index is 1.94. The van der Waals surface area contributed by atoms with Crippen molar-refractivity contribution in [3.05, 3.63) is 35.6 Å². The van der Waals surface area contributed by atoms with E-state index in [0.29, 0.717) is 12.2 Å². The fraction of sp³-hybridized carbons (Fsp3) is 0.438. The maximum absolute atomic E-state index is 12.0. The maximum Gasteiger partial charge on any atom is 0.198 e. The molecule has 1 aromatic carbocycles. The maximum atomic E-state index is 12.0. The summed E-state index contributed by atoms with van der Waals surface area (Å²) in [5, 5.41) is 1.01. The number of rotatable bonds is 7. The molecule has 0 unspecified atom stereocenters. The number of benzene rings is 1. The lowest BCUT2D eigenvalue weighted by Crippen LogP contribution is -1.99. The zero-order valence-corrected chi connectivity index (χ0v) is 11.4. The van der Waals surface area contributed by atoms with Crippen molar-refractivity contribution in [2.45, 2.75) is 39.0 Å². The smallest absolute Gasteiger partial charge is 0.198 e. The van der Waals surface area contributed by atoms with Gasteiger partial charge >= 0.3 is 0 Å². The highest BCUT2D eigenvalue weighted by atomic mass is 16.3. The van der Waals surface area contributed by atoms with E-state index in [4.69, 9.17) is 10.2 Å². The summed E-state index contributed by atoms with van der Waals surface area (Å²) in [5.74, 6) is 0.584. The number of fused-ring (bicyclic) bond motifs is 1. The largest absolute Gasteiger partial charge is 0.453 e. The molecule has 0 radical (unpaired) electrons. The van der Waals surface area contributed by atoms with Gasteiger partial charge in [-0.1, -0.05) is 24.5 Å². The molecule has 1 aromatic heterocycles. The molecule has 0 amide bonds. The summed E-state index contributed by atoms with van der Waals surface area (Å²) in [6.07, 6.45) is 4.67. The summed E-state index contributed by atoms with van der Waals surface area (Å²) in [6.45, 7) is 2.77. The Kier molecular flexibility index (Phi) is 4.74. The van der Waals surface area contributed by atoms with Crippen molar-refractivity contribution < 1.29 is 9.21 Å². The van der Waals surface area contributed by atoms with Crippen molar-refractivity contribution >= 4 is 16.8 Å². The molecule has 0 spiro atoms. The van der Waals surface area contributed by atoms with Gasteiger partial charge in [0.25, 0.3) is 0 Å². The van der Waals surface area contributed by atoms with Crippen LogP contribution in [0.15, 0.2) is 28.7 Å². The van der Waals surface area contributed by atoms with Crippen molar-refractivity contribution in [1.82, 2.24) is 0 Å². The van der Waals surface area contributed by atoms with Crippen LogP contribution < -0.4 is 5.73 Å². The third-order valence-electron chi connectivity index (χ3n) is 3.30. The minimum Gasteiger partial charge on any atom is -0.453 e. The first-order chi connectivity index (χ1) is 9.20. The van der Waals surface area contributed by atoms with Gasteiger partial charge in [-0.15, -0.1) is 0 Å². The molecule has 0 saturated carbocycles. The molecule has 3 heteroatoms. The van der Waals surface area contributed by atoms with Gasteiger partial charge < -0.3 is 10.2 Å². The molecule has 2 rings (SSSR count). The summed E-state index contributed by atoms with van der Waals surface area (Å²) in [7, 11) is 0. The van der Waals surface area contributed by atoms with Crippen LogP contribution in [0.4, 0.5) is 0 Å². The zero-order chi connectivity index (χ0) is 13.7. The van der Waals surface area contributed by atoms with Gasteiger partial charge in [-0.25, -0.2) is 0 Å². The predicted molar refractivity (Wildman–Crippen MR) is 77.4 cm³/mol. The Bertz CT molecular complexity index is 557. The number of nitrogens with two attached hydrogens (primary N) is 1. The topological polar surface area (TPSA) is 56.2 Å². The number of unbranched alkanes of at least 4 members (excludes halogenated alkanes) is 3. The first kappa shape index (κ1) is 13.8. The number of carbonyl (C=O) groups excluding carboxylic acids is 1. The van der Waals surface area contributed by atoms with E-state index in [1.807, 2.05) is 31.2 Å². The van der Waals surface area contributed by atoms with E-state index in [0.717, 1.165) is 43.2 Å². The van der Waals surface area contributed by atoms with Gasteiger partial charge in [0.2, 0.25) is 0 Å².